The number of nitrogens with zero attached hydrogens (tertiary/aromatic N) is 3. The number of benzene rings is 3. The van der Waals surface area contributed by atoms with E-state index < -0.39 is 0 Å². The van der Waals surface area contributed by atoms with E-state index in [1.165, 1.54) is 11.3 Å². The zero-order valence-electron chi connectivity index (χ0n) is 19.0. The van der Waals surface area contributed by atoms with Crippen molar-refractivity contribution >= 4 is 32.6 Å². The Hall–Kier alpha value is -3.42. The number of anilines is 1. The number of fused-ring (bicyclic) bond motifs is 1. The predicted molar refractivity (Wildman–Crippen MR) is 134 cm³/mol. The summed E-state index contributed by atoms with van der Waals surface area (Å²) >= 11 is 1.50. The Balaban J connectivity index is 1.58. The van der Waals surface area contributed by atoms with Crippen molar-refractivity contribution in [3.05, 3.63) is 78.4 Å². The number of hydrogen-bond acceptors (Lipinski definition) is 6. The molecule has 0 aliphatic heterocycles. The van der Waals surface area contributed by atoms with Gasteiger partial charge in [-0.2, -0.15) is 0 Å². The molecule has 1 aromatic heterocycles. The Morgan fingerprint density at radius 2 is 1.61 bits per heavy atom. The Bertz CT molecular complexity index is 1210. The van der Waals surface area contributed by atoms with Gasteiger partial charge in [0.25, 0.3) is 5.91 Å². The predicted octanol–water partition coefficient (Wildman–Crippen LogP) is 5.70. The van der Waals surface area contributed by atoms with Crippen LogP contribution >= 0.6 is 11.3 Å². The van der Waals surface area contributed by atoms with Crippen LogP contribution in [0.15, 0.2) is 72.8 Å². The summed E-state index contributed by atoms with van der Waals surface area (Å²) in [6.45, 7) is 3.82. The van der Waals surface area contributed by atoms with Crippen LogP contribution in [0.5, 0.6) is 17.2 Å². The summed E-state index contributed by atoms with van der Waals surface area (Å²) in [4.78, 5) is 22.0. The van der Waals surface area contributed by atoms with E-state index in [0.29, 0.717) is 29.6 Å². The molecule has 0 saturated heterocycles. The van der Waals surface area contributed by atoms with Crippen LogP contribution in [0.4, 0.5) is 5.13 Å². The van der Waals surface area contributed by atoms with Crippen LogP contribution in [0.3, 0.4) is 0 Å². The van der Waals surface area contributed by atoms with Crippen LogP contribution in [-0.2, 0) is 0 Å². The second kappa shape index (κ2) is 10.5. The van der Waals surface area contributed by atoms with E-state index in [1.54, 1.807) is 17.0 Å². The molecule has 0 atom stereocenters. The minimum Gasteiger partial charge on any atom is -0.494 e. The number of likely N-dealkylation sites (N-methyl/N-ethyl adjacent to an activating group) is 1. The third-order valence-corrected chi connectivity index (χ3v) is 6.03. The van der Waals surface area contributed by atoms with E-state index in [2.05, 4.69) is 4.90 Å². The van der Waals surface area contributed by atoms with E-state index in [9.17, 15) is 4.79 Å². The summed E-state index contributed by atoms with van der Waals surface area (Å²) in [6.07, 6.45) is 0. The second-order valence-corrected chi connectivity index (χ2v) is 8.77. The largest absolute Gasteiger partial charge is 0.494 e. The van der Waals surface area contributed by atoms with Crippen LogP contribution < -0.4 is 14.4 Å². The van der Waals surface area contributed by atoms with Gasteiger partial charge in [-0.3, -0.25) is 9.69 Å². The maximum absolute atomic E-state index is 13.5. The molecule has 0 saturated carbocycles. The Kier molecular flexibility index (Phi) is 7.22. The average Bonchev–Trinajstić information content (AvgIpc) is 3.23. The van der Waals surface area contributed by atoms with Gasteiger partial charge < -0.3 is 14.4 Å². The van der Waals surface area contributed by atoms with Gasteiger partial charge >= 0.3 is 0 Å². The van der Waals surface area contributed by atoms with Gasteiger partial charge in [-0.1, -0.05) is 29.5 Å². The van der Waals surface area contributed by atoms with Gasteiger partial charge in [0.15, 0.2) is 5.13 Å². The van der Waals surface area contributed by atoms with Gasteiger partial charge in [-0.15, -0.1) is 0 Å². The number of rotatable bonds is 9. The highest BCUT2D eigenvalue weighted by Gasteiger charge is 2.22. The number of aromatic nitrogens is 1. The molecule has 4 rings (SSSR count). The first-order valence-electron chi connectivity index (χ1n) is 10.9. The highest BCUT2D eigenvalue weighted by atomic mass is 32.1. The maximum Gasteiger partial charge on any atom is 0.260 e. The van der Waals surface area contributed by atoms with Gasteiger partial charge in [-0.05, 0) is 75.6 Å². The van der Waals surface area contributed by atoms with Gasteiger partial charge in [0, 0.05) is 18.7 Å². The zero-order chi connectivity index (χ0) is 23.2. The monoisotopic (exact) mass is 461 g/mol. The van der Waals surface area contributed by atoms with Crippen molar-refractivity contribution in [2.75, 3.05) is 38.7 Å². The van der Waals surface area contributed by atoms with Crippen LogP contribution in [0.1, 0.15) is 17.3 Å². The zero-order valence-corrected chi connectivity index (χ0v) is 19.8. The molecule has 0 spiro atoms. The van der Waals surface area contributed by atoms with E-state index in [4.69, 9.17) is 14.5 Å². The molecule has 33 heavy (non-hydrogen) atoms. The molecule has 0 fully saturated rings. The van der Waals surface area contributed by atoms with Gasteiger partial charge in [0.05, 0.1) is 16.8 Å². The molecular weight excluding hydrogens is 434 g/mol. The summed E-state index contributed by atoms with van der Waals surface area (Å²) < 4.78 is 12.5. The van der Waals surface area contributed by atoms with Gasteiger partial charge in [0.2, 0.25) is 0 Å². The fourth-order valence-electron chi connectivity index (χ4n) is 3.29. The molecule has 1 heterocycles. The van der Waals surface area contributed by atoms with Crippen molar-refractivity contribution in [1.29, 1.82) is 0 Å². The van der Waals surface area contributed by atoms with Crippen LogP contribution in [0, 0.1) is 0 Å². The average molecular weight is 462 g/mol. The van der Waals surface area contributed by atoms with E-state index in [0.717, 1.165) is 28.3 Å². The molecule has 0 aliphatic carbocycles. The highest BCUT2D eigenvalue weighted by molar-refractivity contribution is 7.22. The van der Waals surface area contributed by atoms with E-state index in [-0.39, 0.29) is 5.91 Å². The molecule has 0 aliphatic rings. The summed E-state index contributed by atoms with van der Waals surface area (Å²) in [7, 11) is 3.98. The molecule has 0 unspecified atom stereocenters. The minimum atomic E-state index is -0.0906. The lowest BCUT2D eigenvalue weighted by atomic mass is 10.2. The number of carbonyl (C=O) groups is 1. The Labute approximate surface area is 198 Å². The van der Waals surface area contributed by atoms with E-state index in [1.807, 2.05) is 81.7 Å². The topological polar surface area (TPSA) is 54.9 Å². The molecule has 0 radical (unpaired) electrons. The minimum absolute atomic E-state index is 0.0906. The summed E-state index contributed by atoms with van der Waals surface area (Å²) in [5, 5.41) is 0.676. The molecule has 4 aromatic rings. The lowest BCUT2D eigenvalue weighted by molar-refractivity contribution is 0.0985. The lowest BCUT2D eigenvalue weighted by Gasteiger charge is -2.22. The summed E-state index contributed by atoms with van der Waals surface area (Å²) in [5.41, 5.74) is 1.44. The molecule has 0 bridgehead atoms. The fraction of sp³-hybridized carbons (Fsp3) is 0.231. The Morgan fingerprint density at radius 3 is 2.30 bits per heavy atom. The van der Waals surface area contributed by atoms with E-state index >= 15 is 0 Å². The molecular formula is C26H27N3O3S. The van der Waals surface area contributed by atoms with Crippen molar-refractivity contribution in [3.63, 3.8) is 0 Å². The number of ether oxygens (including phenoxy) is 2. The molecule has 170 valence electrons. The van der Waals surface area contributed by atoms with Crippen molar-refractivity contribution in [2.45, 2.75) is 6.92 Å². The molecule has 3 aromatic carbocycles. The number of para-hydroxylation sites is 1. The molecule has 0 N–H and O–H groups in total. The first kappa shape index (κ1) is 22.8. The fourth-order valence-corrected chi connectivity index (χ4v) is 4.31. The van der Waals surface area contributed by atoms with Crippen LogP contribution in [0.2, 0.25) is 0 Å². The molecule has 7 heteroatoms. The molecule has 1 amide bonds. The van der Waals surface area contributed by atoms with Crippen molar-refractivity contribution in [3.8, 4) is 17.2 Å². The Morgan fingerprint density at radius 1 is 0.909 bits per heavy atom. The molecule has 6 nitrogen and oxygen atoms in total. The number of thiazole rings is 1. The van der Waals surface area contributed by atoms with Gasteiger partial charge in [-0.25, -0.2) is 4.98 Å². The third-order valence-electron chi connectivity index (χ3n) is 4.99. The standard InChI is InChI=1S/C26H27N3O3S/c1-4-31-22-14-15-23-24(18-22)33-26(27-23)29(17-16-28(2)3)25(30)19-10-12-21(13-11-19)32-20-8-6-5-7-9-20/h5-15,18H,4,16-17H2,1-3H3. The van der Waals surface area contributed by atoms with Crippen molar-refractivity contribution in [2.24, 2.45) is 0 Å². The quantitative estimate of drug-likeness (QED) is 0.320. The number of hydrogen-bond donors (Lipinski definition) is 0. The van der Waals surface area contributed by atoms with Crippen molar-refractivity contribution < 1.29 is 14.3 Å². The van der Waals surface area contributed by atoms with Gasteiger partial charge in [0.1, 0.15) is 17.2 Å². The third kappa shape index (κ3) is 5.69. The highest BCUT2D eigenvalue weighted by Crippen LogP contribution is 2.32. The lowest BCUT2D eigenvalue weighted by Crippen LogP contribution is -2.36. The van der Waals surface area contributed by atoms with Crippen LogP contribution in [-0.4, -0.2) is 49.6 Å². The van der Waals surface area contributed by atoms with Crippen molar-refractivity contribution in [1.82, 2.24) is 9.88 Å². The first-order chi connectivity index (χ1) is 16.0. The maximum atomic E-state index is 13.5. The smallest absolute Gasteiger partial charge is 0.260 e. The SMILES string of the molecule is CCOc1ccc2nc(N(CCN(C)C)C(=O)c3ccc(Oc4ccccc4)cc3)sc2c1. The first-order valence-corrected chi connectivity index (χ1v) is 11.7. The number of amides is 1. The normalized spacial score (nSPS) is 11.0. The summed E-state index contributed by atoms with van der Waals surface area (Å²) in [5.74, 6) is 2.15. The second-order valence-electron chi connectivity index (χ2n) is 7.76. The number of carbonyl (C=O) groups excluding carboxylic acids is 1. The van der Waals surface area contributed by atoms with Crippen LogP contribution in [0.25, 0.3) is 10.2 Å². The summed E-state index contributed by atoms with van der Waals surface area (Å²) in [6, 6.07) is 22.6.